The third kappa shape index (κ3) is 5.54. The predicted molar refractivity (Wildman–Crippen MR) is 129 cm³/mol. The third-order valence-corrected chi connectivity index (χ3v) is 9.08. The van der Waals surface area contributed by atoms with Crippen LogP contribution in [0.25, 0.3) is 0 Å². The second-order valence-electron chi connectivity index (χ2n) is 11.9. The van der Waals surface area contributed by atoms with Crippen LogP contribution in [-0.4, -0.2) is 33.1 Å². The van der Waals surface area contributed by atoms with Crippen LogP contribution in [0.1, 0.15) is 92.4 Å². The molecule has 0 aromatic carbocycles. The molecule has 0 saturated heterocycles. The first-order valence-corrected chi connectivity index (χ1v) is 12.6. The quantitative estimate of drug-likeness (QED) is 0.456. The molecule has 3 nitrogen and oxygen atoms in total. The highest BCUT2D eigenvalue weighted by Gasteiger charge is 2.51. The number of rotatable bonds is 6. The number of aliphatic hydroxyl groups is 3. The zero-order chi connectivity index (χ0) is 23.0. The molecule has 3 fully saturated rings. The summed E-state index contributed by atoms with van der Waals surface area (Å²) in [6, 6.07) is 0. The van der Waals surface area contributed by atoms with Crippen LogP contribution in [0.4, 0.5) is 0 Å². The average molecular weight is 431 g/mol. The van der Waals surface area contributed by atoms with E-state index in [0.29, 0.717) is 41.6 Å². The van der Waals surface area contributed by atoms with Crippen molar-refractivity contribution in [3.63, 3.8) is 0 Å². The Balaban J connectivity index is 1.71. The Kier molecular flexibility index (Phi) is 7.61. The van der Waals surface area contributed by atoms with E-state index < -0.39 is 17.8 Å². The third-order valence-electron chi connectivity index (χ3n) is 9.08. The lowest BCUT2D eigenvalue weighted by Gasteiger charge is -2.45. The van der Waals surface area contributed by atoms with Crippen LogP contribution in [0.2, 0.25) is 0 Å². The number of hydrogen-bond donors (Lipinski definition) is 3. The maximum Gasteiger partial charge on any atom is 0.0809 e. The van der Waals surface area contributed by atoms with E-state index in [2.05, 4.69) is 39.5 Å². The Morgan fingerprint density at radius 3 is 2.39 bits per heavy atom. The van der Waals surface area contributed by atoms with Gasteiger partial charge in [0.05, 0.1) is 17.8 Å². The van der Waals surface area contributed by atoms with E-state index in [9.17, 15) is 15.3 Å². The summed E-state index contributed by atoms with van der Waals surface area (Å²) in [4.78, 5) is 0. The van der Waals surface area contributed by atoms with Gasteiger partial charge in [0.25, 0.3) is 0 Å². The van der Waals surface area contributed by atoms with E-state index in [0.717, 1.165) is 24.3 Å². The minimum Gasteiger partial charge on any atom is -0.390 e. The molecule has 0 bridgehead atoms. The molecular formula is C28H46O3. The highest BCUT2D eigenvalue weighted by Crippen LogP contribution is 2.60. The molecule has 3 aliphatic rings. The van der Waals surface area contributed by atoms with Gasteiger partial charge in [-0.3, -0.25) is 0 Å². The molecule has 3 heteroatoms. The van der Waals surface area contributed by atoms with Crippen molar-refractivity contribution in [1.29, 1.82) is 0 Å². The first-order valence-electron chi connectivity index (χ1n) is 12.6. The lowest BCUT2D eigenvalue weighted by Crippen LogP contribution is -2.37. The number of fused-ring (bicyclic) bond motifs is 1. The highest BCUT2D eigenvalue weighted by atomic mass is 16.3. The predicted octanol–water partition coefficient (Wildman–Crippen LogP) is 5.95. The molecule has 3 saturated carbocycles. The maximum absolute atomic E-state index is 10.2. The molecule has 0 radical (unpaired) electrons. The molecule has 31 heavy (non-hydrogen) atoms. The van der Waals surface area contributed by atoms with Crippen LogP contribution in [-0.2, 0) is 0 Å². The SMILES string of the molecule is C=C1[C@H](O)CC(=CC=C2CCC[C@@]3(C)C2CCC3[C@H](C)[C@H](C)CCC(C)(C)O)C[C@H]1O. The molecule has 3 rings (SSSR count). The van der Waals surface area contributed by atoms with Gasteiger partial charge >= 0.3 is 0 Å². The van der Waals surface area contributed by atoms with Crippen LogP contribution >= 0.6 is 0 Å². The van der Waals surface area contributed by atoms with Crippen molar-refractivity contribution in [3.8, 4) is 0 Å². The molecule has 2 unspecified atom stereocenters. The summed E-state index contributed by atoms with van der Waals surface area (Å²) in [6.45, 7) is 15.0. The van der Waals surface area contributed by atoms with E-state index in [1.165, 1.54) is 32.1 Å². The molecule has 7 atom stereocenters. The molecule has 0 spiro atoms. The van der Waals surface area contributed by atoms with Gasteiger partial charge in [0.2, 0.25) is 0 Å². The van der Waals surface area contributed by atoms with Gasteiger partial charge < -0.3 is 15.3 Å². The van der Waals surface area contributed by atoms with Crippen molar-refractivity contribution in [2.24, 2.45) is 29.1 Å². The number of hydrogen-bond acceptors (Lipinski definition) is 3. The van der Waals surface area contributed by atoms with E-state index in [-0.39, 0.29) is 0 Å². The van der Waals surface area contributed by atoms with Crippen molar-refractivity contribution in [3.05, 3.63) is 35.5 Å². The summed E-state index contributed by atoms with van der Waals surface area (Å²) in [6.07, 6.45) is 12.8. The van der Waals surface area contributed by atoms with Crippen molar-refractivity contribution >= 4 is 0 Å². The first-order chi connectivity index (χ1) is 14.4. The van der Waals surface area contributed by atoms with Gasteiger partial charge in [-0.2, -0.15) is 0 Å². The van der Waals surface area contributed by atoms with Gasteiger partial charge in [-0.25, -0.2) is 0 Å². The average Bonchev–Trinajstić information content (AvgIpc) is 3.04. The molecule has 0 aliphatic heterocycles. The maximum atomic E-state index is 10.2. The van der Waals surface area contributed by atoms with Crippen LogP contribution in [0.3, 0.4) is 0 Å². The van der Waals surface area contributed by atoms with Gasteiger partial charge in [0, 0.05) is 0 Å². The van der Waals surface area contributed by atoms with E-state index >= 15 is 0 Å². The molecule has 176 valence electrons. The Hall–Kier alpha value is -0.900. The van der Waals surface area contributed by atoms with Crippen molar-refractivity contribution < 1.29 is 15.3 Å². The molecule has 0 heterocycles. The monoisotopic (exact) mass is 430 g/mol. The van der Waals surface area contributed by atoms with Gasteiger partial charge in [-0.1, -0.05) is 50.6 Å². The van der Waals surface area contributed by atoms with Crippen LogP contribution in [0.15, 0.2) is 35.5 Å². The minimum absolute atomic E-state index is 0.366. The highest BCUT2D eigenvalue weighted by molar-refractivity contribution is 5.29. The van der Waals surface area contributed by atoms with Crippen molar-refractivity contribution in [1.82, 2.24) is 0 Å². The standard InChI is InChI=1S/C28H46O3/c1-18(13-15-27(4,5)31)19(2)23-11-12-24-22(8-7-14-28(23,24)6)10-9-21-16-25(29)20(3)26(30)17-21/h9-10,18-19,23-26,29-31H,3,7-8,11-17H2,1-2,4-6H3/t18-,19-,23?,24?,25-,26-,28-/m1/s1. The summed E-state index contributed by atoms with van der Waals surface area (Å²) < 4.78 is 0. The second kappa shape index (κ2) is 9.53. The summed E-state index contributed by atoms with van der Waals surface area (Å²) in [5.74, 6) is 2.69. The lowest BCUT2D eigenvalue weighted by atomic mass is 9.59. The zero-order valence-corrected chi connectivity index (χ0v) is 20.5. The molecule has 0 aromatic heterocycles. The molecule has 3 N–H and O–H groups in total. The Labute approximate surface area is 190 Å². The van der Waals surface area contributed by atoms with Crippen LogP contribution in [0.5, 0.6) is 0 Å². The van der Waals surface area contributed by atoms with Gasteiger partial charge in [-0.05, 0) is 106 Å². The Bertz CT molecular complexity index is 696. The van der Waals surface area contributed by atoms with E-state index in [1.54, 1.807) is 5.57 Å². The molecular weight excluding hydrogens is 384 g/mol. The van der Waals surface area contributed by atoms with Gasteiger partial charge in [0.15, 0.2) is 0 Å². The van der Waals surface area contributed by atoms with E-state index in [1.807, 2.05) is 13.8 Å². The summed E-state index contributed by atoms with van der Waals surface area (Å²) in [7, 11) is 0. The van der Waals surface area contributed by atoms with Crippen LogP contribution < -0.4 is 0 Å². The van der Waals surface area contributed by atoms with Crippen molar-refractivity contribution in [2.45, 2.75) is 110 Å². The minimum atomic E-state index is -0.618. The smallest absolute Gasteiger partial charge is 0.0809 e. The second-order valence-corrected chi connectivity index (χ2v) is 11.9. The molecule has 0 amide bonds. The summed E-state index contributed by atoms with van der Waals surface area (Å²) in [5, 5.41) is 30.5. The van der Waals surface area contributed by atoms with E-state index in [4.69, 9.17) is 0 Å². The Morgan fingerprint density at radius 2 is 1.77 bits per heavy atom. The zero-order valence-electron chi connectivity index (χ0n) is 20.5. The lowest BCUT2D eigenvalue weighted by molar-refractivity contribution is 0.0447. The molecule has 3 aliphatic carbocycles. The molecule has 0 aromatic rings. The fraction of sp³-hybridized carbons (Fsp3) is 0.786. The van der Waals surface area contributed by atoms with Crippen LogP contribution in [0, 0.1) is 29.1 Å². The Morgan fingerprint density at radius 1 is 1.13 bits per heavy atom. The number of allylic oxidation sites excluding steroid dienone is 3. The summed E-state index contributed by atoms with van der Waals surface area (Å²) >= 11 is 0. The summed E-state index contributed by atoms with van der Waals surface area (Å²) in [5.41, 5.74) is 3.06. The van der Waals surface area contributed by atoms with Gasteiger partial charge in [-0.15, -0.1) is 0 Å². The normalized spacial score (nSPS) is 37.6. The topological polar surface area (TPSA) is 60.7 Å². The fourth-order valence-electron chi connectivity index (χ4n) is 6.81. The first kappa shape index (κ1) is 24.7. The largest absolute Gasteiger partial charge is 0.390 e. The number of aliphatic hydroxyl groups excluding tert-OH is 2. The fourth-order valence-corrected chi connectivity index (χ4v) is 6.81. The van der Waals surface area contributed by atoms with Gasteiger partial charge in [0.1, 0.15) is 0 Å². The van der Waals surface area contributed by atoms with Crippen molar-refractivity contribution in [2.75, 3.05) is 0 Å².